The van der Waals surface area contributed by atoms with Crippen LogP contribution in [0.15, 0.2) is 42.5 Å². The number of benzene rings is 2. The molecule has 0 radical (unpaired) electrons. The van der Waals surface area contributed by atoms with Gasteiger partial charge < -0.3 is 5.32 Å². The molecule has 5 heteroatoms. The smallest absolute Gasteiger partial charge is 0.228 e. The molecule has 1 N–H and O–H groups in total. The highest BCUT2D eigenvalue weighted by Gasteiger charge is 2.11. The second-order valence-corrected chi connectivity index (χ2v) is 6.05. The van der Waals surface area contributed by atoms with E-state index in [0.717, 1.165) is 17.7 Å². The fourth-order valence-corrected chi connectivity index (χ4v) is 2.39. The maximum atomic E-state index is 13.1. The highest BCUT2D eigenvalue weighted by molar-refractivity contribution is 9.09. The van der Waals surface area contributed by atoms with Gasteiger partial charge in [-0.05, 0) is 36.2 Å². The van der Waals surface area contributed by atoms with Crippen LogP contribution in [0, 0.1) is 11.6 Å². The van der Waals surface area contributed by atoms with Gasteiger partial charge in [-0.3, -0.25) is 4.79 Å². The number of amides is 1. The summed E-state index contributed by atoms with van der Waals surface area (Å²) in [6, 6.07) is 10.9. The number of alkyl halides is 1. The normalized spacial score (nSPS) is 12.0. The lowest BCUT2D eigenvalue weighted by Crippen LogP contribution is -2.15. The Kier molecular flexibility index (Phi) is 5.07. The van der Waals surface area contributed by atoms with Gasteiger partial charge in [0, 0.05) is 10.5 Å². The van der Waals surface area contributed by atoms with Crippen LogP contribution in [0.1, 0.15) is 22.9 Å². The standard InChI is InChI=1S/C16H14BrF2NO/c1-10(17)12-4-2-3-5-15(12)20-16(21)9-11-6-7-13(18)14(19)8-11/h2-8,10H,9H2,1H3,(H,20,21). The molecule has 1 unspecified atom stereocenters. The number of para-hydroxylation sites is 1. The first kappa shape index (κ1) is 15.6. The summed E-state index contributed by atoms with van der Waals surface area (Å²) in [7, 11) is 0. The molecule has 2 nitrogen and oxygen atoms in total. The van der Waals surface area contributed by atoms with Crippen molar-refractivity contribution in [1.29, 1.82) is 0 Å². The van der Waals surface area contributed by atoms with Crippen LogP contribution in [0.2, 0.25) is 0 Å². The number of nitrogens with one attached hydrogen (secondary N) is 1. The van der Waals surface area contributed by atoms with E-state index < -0.39 is 11.6 Å². The van der Waals surface area contributed by atoms with Crippen molar-refractivity contribution in [3.8, 4) is 0 Å². The molecule has 0 saturated heterocycles. The van der Waals surface area contributed by atoms with E-state index in [1.807, 2.05) is 25.1 Å². The van der Waals surface area contributed by atoms with Gasteiger partial charge in [0.25, 0.3) is 0 Å². The topological polar surface area (TPSA) is 29.1 Å². The number of carbonyl (C=O) groups is 1. The Hall–Kier alpha value is -1.75. The van der Waals surface area contributed by atoms with Gasteiger partial charge in [0.15, 0.2) is 11.6 Å². The third-order valence-electron chi connectivity index (χ3n) is 3.01. The zero-order valence-corrected chi connectivity index (χ0v) is 13.0. The molecule has 1 amide bonds. The lowest BCUT2D eigenvalue weighted by molar-refractivity contribution is -0.115. The Bertz CT molecular complexity index is 658. The van der Waals surface area contributed by atoms with Gasteiger partial charge in [0.2, 0.25) is 5.91 Å². The molecule has 2 rings (SSSR count). The van der Waals surface area contributed by atoms with E-state index in [9.17, 15) is 13.6 Å². The van der Waals surface area contributed by atoms with Crippen LogP contribution >= 0.6 is 15.9 Å². The molecule has 0 bridgehead atoms. The first-order chi connectivity index (χ1) is 9.97. The van der Waals surface area contributed by atoms with Crippen LogP contribution in [0.5, 0.6) is 0 Å². The van der Waals surface area contributed by atoms with Crippen molar-refractivity contribution in [3.63, 3.8) is 0 Å². The van der Waals surface area contributed by atoms with Gasteiger partial charge in [-0.1, -0.05) is 40.2 Å². The molecule has 0 aliphatic rings. The number of hydrogen-bond donors (Lipinski definition) is 1. The second-order valence-electron chi connectivity index (χ2n) is 4.68. The van der Waals surface area contributed by atoms with Gasteiger partial charge in [-0.25, -0.2) is 8.78 Å². The van der Waals surface area contributed by atoms with Crippen LogP contribution in [0.3, 0.4) is 0 Å². The Morgan fingerprint density at radius 1 is 1.19 bits per heavy atom. The van der Waals surface area contributed by atoms with Crippen molar-refractivity contribution in [2.75, 3.05) is 5.32 Å². The summed E-state index contributed by atoms with van der Waals surface area (Å²) in [5.74, 6) is -2.14. The Balaban J connectivity index is 2.10. The lowest BCUT2D eigenvalue weighted by atomic mass is 10.1. The zero-order valence-electron chi connectivity index (χ0n) is 11.4. The SMILES string of the molecule is CC(Br)c1ccccc1NC(=O)Cc1ccc(F)c(F)c1. The average Bonchev–Trinajstić information content (AvgIpc) is 2.43. The number of carbonyl (C=O) groups excluding carboxylic acids is 1. The van der Waals surface area contributed by atoms with E-state index in [4.69, 9.17) is 0 Å². The van der Waals surface area contributed by atoms with Crippen molar-refractivity contribution < 1.29 is 13.6 Å². The summed E-state index contributed by atoms with van der Waals surface area (Å²) in [6.07, 6.45) is -0.0117. The summed E-state index contributed by atoms with van der Waals surface area (Å²) in [5.41, 5.74) is 2.08. The van der Waals surface area contributed by atoms with E-state index in [1.54, 1.807) is 6.07 Å². The van der Waals surface area contributed by atoms with Gasteiger partial charge in [0.1, 0.15) is 0 Å². The minimum Gasteiger partial charge on any atom is -0.326 e. The van der Waals surface area contributed by atoms with Gasteiger partial charge >= 0.3 is 0 Å². The van der Waals surface area contributed by atoms with E-state index in [2.05, 4.69) is 21.2 Å². The minimum atomic E-state index is -0.949. The van der Waals surface area contributed by atoms with Crippen LogP contribution in [0.25, 0.3) is 0 Å². The summed E-state index contributed by atoms with van der Waals surface area (Å²) < 4.78 is 26.0. The van der Waals surface area contributed by atoms with Crippen molar-refractivity contribution in [2.24, 2.45) is 0 Å². The molecule has 0 aromatic heterocycles. The summed E-state index contributed by atoms with van der Waals surface area (Å²) in [4.78, 5) is 12.1. The third-order valence-corrected chi connectivity index (χ3v) is 3.51. The zero-order chi connectivity index (χ0) is 15.4. The van der Waals surface area contributed by atoms with Crippen molar-refractivity contribution in [1.82, 2.24) is 0 Å². The summed E-state index contributed by atoms with van der Waals surface area (Å²) in [6.45, 7) is 1.96. The van der Waals surface area contributed by atoms with E-state index >= 15 is 0 Å². The molecule has 110 valence electrons. The van der Waals surface area contributed by atoms with Crippen molar-refractivity contribution in [3.05, 3.63) is 65.2 Å². The van der Waals surface area contributed by atoms with Crippen LogP contribution in [-0.2, 0) is 11.2 Å². The molecule has 0 spiro atoms. The first-order valence-electron chi connectivity index (χ1n) is 6.44. The molecule has 0 aliphatic carbocycles. The molecular formula is C16H14BrF2NO. The Labute approximate surface area is 130 Å². The van der Waals surface area contributed by atoms with Crippen LogP contribution in [-0.4, -0.2) is 5.91 Å². The summed E-state index contributed by atoms with van der Waals surface area (Å²) in [5, 5.41) is 2.79. The Morgan fingerprint density at radius 2 is 1.90 bits per heavy atom. The second kappa shape index (κ2) is 6.80. The highest BCUT2D eigenvalue weighted by atomic mass is 79.9. The van der Waals surface area contributed by atoms with E-state index in [0.29, 0.717) is 11.3 Å². The average molecular weight is 354 g/mol. The monoisotopic (exact) mass is 353 g/mol. The predicted molar refractivity (Wildman–Crippen MR) is 82.5 cm³/mol. The molecule has 2 aromatic carbocycles. The fourth-order valence-electron chi connectivity index (χ4n) is 1.99. The number of anilines is 1. The largest absolute Gasteiger partial charge is 0.326 e. The molecular weight excluding hydrogens is 340 g/mol. The number of rotatable bonds is 4. The molecule has 0 heterocycles. The van der Waals surface area contributed by atoms with Crippen LogP contribution < -0.4 is 5.32 Å². The molecule has 0 fully saturated rings. The molecule has 0 aliphatic heterocycles. The molecule has 2 aromatic rings. The maximum Gasteiger partial charge on any atom is 0.228 e. The first-order valence-corrected chi connectivity index (χ1v) is 7.35. The van der Waals surface area contributed by atoms with Gasteiger partial charge in [0.05, 0.1) is 6.42 Å². The Morgan fingerprint density at radius 3 is 2.57 bits per heavy atom. The quantitative estimate of drug-likeness (QED) is 0.799. The highest BCUT2D eigenvalue weighted by Crippen LogP contribution is 2.28. The third kappa shape index (κ3) is 4.11. The van der Waals surface area contributed by atoms with Gasteiger partial charge in [-0.15, -0.1) is 0 Å². The number of halogens is 3. The summed E-state index contributed by atoms with van der Waals surface area (Å²) >= 11 is 3.47. The van der Waals surface area contributed by atoms with E-state index in [-0.39, 0.29) is 17.2 Å². The number of hydrogen-bond acceptors (Lipinski definition) is 1. The lowest BCUT2D eigenvalue weighted by Gasteiger charge is -2.12. The van der Waals surface area contributed by atoms with Crippen molar-refractivity contribution >= 4 is 27.5 Å². The molecule has 1 atom stereocenters. The fraction of sp³-hybridized carbons (Fsp3) is 0.188. The van der Waals surface area contributed by atoms with Crippen LogP contribution in [0.4, 0.5) is 14.5 Å². The maximum absolute atomic E-state index is 13.1. The molecule has 21 heavy (non-hydrogen) atoms. The van der Waals surface area contributed by atoms with Gasteiger partial charge in [-0.2, -0.15) is 0 Å². The van der Waals surface area contributed by atoms with E-state index in [1.165, 1.54) is 6.07 Å². The van der Waals surface area contributed by atoms with Crippen molar-refractivity contribution in [2.45, 2.75) is 18.2 Å². The predicted octanol–water partition coefficient (Wildman–Crippen LogP) is 4.60. The minimum absolute atomic E-state index is 0.0117. The molecule has 0 saturated carbocycles.